The van der Waals surface area contributed by atoms with Crippen LogP contribution in [-0.4, -0.2) is 34.3 Å². The predicted molar refractivity (Wildman–Crippen MR) is 86.5 cm³/mol. The minimum absolute atomic E-state index is 0.101. The highest BCUT2D eigenvalue weighted by Gasteiger charge is 2.19. The van der Waals surface area contributed by atoms with Crippen LogP contribution >= 0.6 is 11.8 Å². The zero-order valence-corrected chi connectivity index (χ0v) is 12.9. The summed E-state index contributed by atoms with van der Waals surface area (Å²) in [5.74, 6) is -3.24. The first-order chi connectivity index (χ1) is 10.9. The molecular formula is C16H13NO5S. The van der Waals surface area contributed by atoms with E-state index in [0.717, 1.165) is 11.0 Å². The molecular weight excluding hydrogens is 318 g/mol. The Morgan fingerprint density at radius 3 is 2.09 bits per heavy atom. The van der Waals surface area contributed by atoms with Crippen LogP contribution in [0.2, 0.25) is 0 Å². The van der Waals surface area contributed by atoms with Gasteiger partial charge in [0.1, 0.15) is 0 Å². The quantitative estimate of drug-likeness (QED) is 0.728. The molecule has 7 heteroatoms. The number of hydrogen-bond acceptors (Lipinski definition) is 4. The Labute approximate surface area is 136 Å². The molecule has 2 aromatic carbocycles. The van der Waals surface area contributed by atoms with Crippen LogP contribution in [0.15, 0.2) is 47.4 Å². The van der Waals surface area contributed by atoms with Crippen molar-refractivity contribution >= 4 is 35.3 Å². The molecule has 0 saturated heterocycles. The molecule has 6 nitrogen and oxygen atoms in total. The lowest BCUT2D eigenvalue weighted by Crippen LogP contribution is -2.17. The first-order valence-electron chi connectivity index (χ1n) is 6.48. The summed E-state index contributed by atoms with van der Waals surface area (Å²) in [6.45, 7) is 0. The van der Waals surface area contributed by atoms with Gasteiger partial charge in [-0.2, -0.15) is 0 Å². The van der Waals surface area contributed by atoms with Gasteiger partial charge in [-0.25, -0.2) is 9.59 Å². The second kappa shape index (κ2) is 6.97. The number of anilines is 1. The van der Waals surface area contributed by atoms with Crippen LogP contribution in [0.4, 0.5) is 5.69 Å². The Balaban J connectivity index is 2.30. The molecule has 3 N–H and O–H groups in total. The smallest absolute Gasteiger partial charge is 0.336 e. The molecule has 0 spiro atoms. The lowest BCUT2D eigenvalue weighted by molar-refractivity contribution is 0.0692. The van der Waals surface area contributed by atoms with Crippen LogP contribution in [0.3, 0.4) is 0 Å². The van der Waals surface area contributed by atoms with Gasteiger partial charge >= 0.3 is 11.9 Å². The van der Waals surface area contributed by atoms with Gasteiger partial charge in [0.05, 0.1) is 16.7 Å². The highest BCUT2D eigenvalue weighted by Crippen LogP contribution is 2.19. The fraction of sp³-hybridized carbons (Fsp3) is 0.0625. The minimum Gasteiger partial charge on any atom is -0.478 e. The molecule has 2 rings (SSSR count). The van der Waals surface area contributed by atoms with Crippen LogP contribution in [0.25, 0.3) is 0 Å². The largest absolute Gasteiger partial charge is 0.478 e. The van der Waals surface area contributed by atoms with Crippen LogP contribution in [-0.2, 0) is 0 Å². The minimum atomic E-state index is -1.36. The fourth-order valence-corrected chi connectivity index (χ4v) is 2.33. The van der Waals surface area contributed by atoms with Crippen molar-refractivity contribution in [1.82, 2.24) is 0 Å². The van der Waals surface area contributed by atoms with Gasteiger partial charge in [-0.05, 0) is 48.7 Å². The molecule has 1 amide bonds. The second-order valence-corrected chi connectivity index (χ2v) is 5.43. The Hall–Kier alpha value is -2.80. The van der Waals surface area contributed by atoms with E-state index in [1.807, 2.05) is 18.4 Å². The highest BCUT2D eigenvalue weighted by molar-refractivity contribution is 7.98. The van der Waals surface area contributed by atoms with E-state index in [4.69, 9.17) is 5.11 Å². The molecule has 0 heterocycles. The summed E-state index contributed by atoms with van der Waals surface area (Å²) >= 11 is 1.56. The maximum Gasteiger partial charge on any atom is 0.336 e. The number of rotatable bonds is 5. The van der Waals surface area contributed by atoms with Crippen LogP contribution < -0.4 is 5.32 Å². The van der Waals surface area contributed by atoms with Gasteiger partial charge < -0.3 is 15.5 Å². The molecule has 0 saturated carbocycles. The van der Waals surface area contributed by atoms with Crippen molar-refractivity contribution in [3.05, 3.63) is 59.2 Å². The van der Waals surface area contributed by atoms with Gasteiger partial charge in [0.2, 0.25) is 0 Å². The number of carbonyl (C=O) groups excluding carboxylic acids is 1. The van der Waals surface area contributed by atoms with Crippen molar-refractivity contribution in [1.29, 1.82) is 0 Å². The zero-order chi connectivity index (χ0) is 17.0. The molecule has 23 heavy (non-hydrogen) atoms. The first kappa shape index (κ1) is 16.6. The average molecular weight is 331 g/mol. The number of carbonyl (C=O) groups is 3. The lowest BCUT2D eigenvalue weighted by atomic mass is 10.0. The number of amides is 1. The van der Waals surface area contributed by atoms with Crippen molar-refractivity contribution < 1.29 is 24.6 Å². The standard InChI is InChI=1S/C16H13NO5S/c1-23-11-5-3-10(4-6-11)17-14(18)12-7-2-9(15(19)20)8-13(12)16(21)22/h2-8H,1H3,(H,17,18)(H,19,20)(H,21,22). The number of thioether (sulfide) groups is 1. The number of hydrogen-bond donors (Lipinski definition) is 3. The topological polar surface area (TPSA) is 104 Å². The normalized spacial score (nSPS) is 10.1. The molecule has 0 atom stereocenters. The van der Waals surface area contributed by atoms with Crippen molar-refractivity contribution in [2.24, 2.45) is 0 Å². The van der Waals surface area contributed by atoms with Crippen LogP contribution in [0, 0.1) is 0 Å². The summed E-state index contributed by atoms with van der Waals surface area (Å²) < 4.78 is 0. The summed E-state index contributed by atoms with van der Waals surface area (Å²) in [7, 11) is 0. The third-order valence-electron chi connectivity index (χ3n) is 3.09. The third-order valence-corrected chi connectivity index (χ3v) is 3.83. The summed E-state index contributed by atoms with van der Waals surface area (Å²) in [4.78, 5) is 35.4. The number of carboxylic acid groups (broad SMARTS) is 2. The fourth-order valence-electron chi connectivity index (χ4n) is 1.93. The van der Waals surface area contributed by atoms with Crippen molar-refractivity contribution in [3.8, 4) is 0 Å². The Bertz CT molecular complexity index is 771. The van der Waals surface area contributed by atoms with Gasteiger partial charge in [0.15, 0.2) is 0 Å². The molecule has 2 aromatic rings. The maximum absolute atomic E-state index is 12.2. The summed E-state index contributed by atoms with van der Waals surface area (Å²) in [5, 5.41) is 20.7. The highest BCUT2D eigenvalue weighted by atomic mass is 32.2. The van der Waals surface area contributed by atoms with E-state index in [1.165, 1.54) is 12.1 Å². The van der Waals surface area contributed by atoms with Gasteiger partial charge in [-0.15, -0.1) is 11.8 Å². The zero-order valence-electron chi connectivity index (χ0n) is 12.1. The van der Waals surface area contributed by atoms with E-state index < -0.39 is 17.8 Å². The number of benzene rings is 2. The molecule has 0 aliphatic carbocycles. The van der Waals surface area contributed by atoms with Crippen molar-refractivity contribution in [2.45, 2.75) is 4.90 Å². The molecule has 0 aromatic heterocycles. The van der Waals surface area contributed by atoms with E-state index >= 15 is 0 Å². The van der Waals surface area contributed by atoms with E-state index in [1.54, 1.807) is 23.9 Å². The maximum atomic E-state index is 12.2. The van der Waals surface area contributed by atoms with E-state index in [9.17, 15) is 19.5 Å². The van der Waals surface area contributed by atoms with Gasteiger partial charge in [-0.3, -0.25) is 4.79 Å². The van der Waals surface area contributed by atoms with Gasteiger partial charge in [0, 0.05) is 10.6 Å². The molecule has 0 bridgehead atoms. The van der Waals surface area contributed by atoms with Crippen LogP contribution in [0.1, 0.15) is 31.1 Å². The van der Waals surface area contributed by atoms with E-state index in [0.29, 0.717) is 5.69 Å². The van der Waals surface area contributed by atoms with Crippen molar-refractivity contribution in [2.75, 3.05) is 11.6 Å². The monoisotopic (exact) mass is 331 g/mol. The van der Waals surface area contributed by atoms with Crippen LogP contribution in [0.5, 0.6) is 0 Å². The summed E-state index contributed by atoms with van der Waals surface area (Å²) in [6.07, 6.45) is 1.93. The van der Waals surface area contributed by atoms with E-state index in [-0.39, 0.29) is 16.7 Å². The molecule has 0 unspecified atom stereocenters. The number of carboxylic acids is 2. The molecule has 0 aliphatic rings. The Kier molecular flexibility index (Phi) is 5.02. The summed E-state index contributed by atoms with van der Waals surface area (Å²) in [5.41, 5.74) is -0.130. The first-order valence-corrected chi connectivity index (χ1v) is 7.71. The molecule has 0 radical (unpaired) electrons. The molecule has 118 valence electrons. The van der Waals surface area contributed by atoms with Gasteiger partial charge in [0.25, 0.3) is 5.91 Å². The third kappa shape index (κ3) is 3.89. The summed E-state index contributed by atoms with van der Waals surface area (Å²) in [6, 6.07) is 10.4. The SMILES string of the molecule is CSc1ccc(NC(=O)c2ccc(C(=O)O)cc2C(=O)O)cc1. The van der Waals surface area contributed by atoms with E-state index in [2.05, 4.69) is 5.32 Å². The Morgan fingerprint density at radius 2 is 1.57 bits per heavy atom. The Morgan fingerprint density at radius 1 is 0.913 bits per heavy atom. The number of nitrogens with one attached hydrogen (secondary N) is 1. The predicted octanol–water partition coefficient (Wildman–Crippen LogP) is 3.06. The van der Waals surface area contributed by atoms with Crippen molar-refractivity contribution in [3.63, 3.8) is 0 Å². The van der Waals surface area contributed by atoms with Gasteiger partial charge in [-0.1, -0.05) is 0 Å². The second-order valence-electron chi connectivity index (χ2n) is 4.55. The number of aromatic carboxylic acids is 2. The molecule has 0 fully saturated rings. The lowest BCUT2D eigenvalue weighted by Gasteiger charge is -2.09. The molecule has 0 aliphatic heterocycles. The average Bonchev–Trinajstić information content (AvgIpc) is 2.54.